The van der Waals surface area contributed by atoms with Gasteiger partial charge in [-0.3, -0.25) is 9.78 Å². The van der Waals surface area contributed by atoms with Crippen LogP contribution >= 0.6 is 0 Å². The lowest BCUT2D eigenvalue weighted by Crippen LogP contribution is -2.25. The second kappa shape index (κ2) is 6.17. The van der Waals surface area contributed by atoms with Crippen molar-refractivity contribution in [2.24, 2.45) is 0 Å². The number of carbonyl (C=O) groups excluding carboxylic acids is 1. The predicted octanol–water partition coefficient (Wildman–Crippen LogP) is 2.25. The minimum absolute atomic E-state index is 0.0846. The molecule has 0 aliphatic heterocycles. The minimum atomic E-state index is -0.0846. The maximum atomic E-state index is 11.8. The summed E-state index contributed by atoms with van der Waals surface area (Å²) in [6.07, 6.45) is 7.90. The molecule has 0 bridgehead atoms. The molecule has 0 saturated carbocycles. The summed E-state index contributed by atoms with van der Waals surface area (Å²) in [7, 11) is 0. The predicted molar refractivity (Wildman–Crippen MR) is 80.9 cm³/mol. The first-order valence-corrected chi connectivity index (χ1v) is 6.93. The van der Waals surface area contributed by atoms with E-state index in [1.807, 2.05) is 18.3 Å². The fraction of sp³-hybridized carbons (Fsp3) is 0.188. The van der Waals surface area contributed by atoms with E-state index in [1.165, 1.54) is 0 Å². The van der Waals surface area contributed by atoms with E-state index >= 15 is 0 Å². The van der Waals surface area contributed by atoms with Crippen LogP contribution in [0.15, 0.2) is 55.1 Å². The Balaban J connectivity index is 1.52. The van der Waals surface area contributed by atoms with Crippen LogP contribution in [0.1, 0.15) is 16.8 Å². The first kappa shape index (κ1) is 13.3. The summed E-state index contributed by atoms with van der Waals surface area (Å²) in [6.45, 7) is 1.45. The zero-order valence-electron chi connectivity index (χ0n) is 11.6. The number of hydrogen-bond acceptors (Lipinski definition) is 3. The van der Waals surface area contributed by atoms with Gasteiger partial charge in [0, 0.05) is 43.3 Å². The van der Waals surface area contributed by atoms with Crippen molar-refractivity contribution in [3.8, 4) is 0 Å². The smallest absolute Gasteiger partial charge is 0.252 e. The number of pyridine rings is 2. The third-order valence-corrected chi connectivity index (χ3v) is 3.31. The van der Waals surface area contributed by atoms with E-state index in [0.29, 0.717) is 12.1 Å². The van der Waals surface area contributed by atoms with E-state index < -0.39 is 0 Å². The molecule has 3 heterocycles. The molecular weight excluding hydrogens is 264 g/mol. The molecule has 0 radical (unpaired) electrons. The Bertz CT molecular complexity index is 736. The number of aromatic nitrogens is 3. The standard InChI is InChI=1S/C16H16N4O/c21-16(14-5-1-7-17-12-14)19-9-3-10-20-11-6-13-4-2-8-18-15(13)20/h1-2,4-8,11-12H,3,9-10H2,(H,19,21). The highest BCUT2D eigenvalue weighted by atomic mass is 16.1. The summed E-state index contributed by atoms with van der Waals surface area (Å²) in [6, 6.07) is 9.54. The van der Waals surface area contributed by atoms with Crippen LogP contribution in [-0.2, 0) is 6.54 Å². The molecule has 5 nitrogen and oxygen atoms in total. The fourth-order valence-electron chi connectivity index (χ4n) is 2.25. The Morgan fingerprint density at radius 1 is 1.19 bits per heavy atom. The molecule has 0 unspecified atom stereocenters. The zero-order valence-corrected chi connectivity index (χ0v) is 11.6. The molecule has 0 aromatic carbocycles. The number of amides is 1. The monoisotopic (exact) mass is 280 g/mol. The zero-order chi connectivity index (χ0) is 14.5. The van der Waals surface area contributed by atoms with Crippen molar-refractivity contribution in [1.29, 1.82) is 0 Å². The molecule has 3 rings (SSSR count). The lowest BCUT2D eigenvalue weighted by atomic mass is 10.2. The molecule has 1 amide bonds. The van der Waals surface area contributed by atoms with Gasteiger partial charge in [0.2, 0.25) is 0 Å². The van der Waals surface area contributed by atoms with Crippen LogP contribution in [-0.4, -0.2) is 27.0 Å². The normalized spacial score (nSPS) is 10.7. The van der Waals surface area contributed by atoms with Gasteiger partial charge in [0.25, 0.3) is 5.91 Å². The summed E-state index contributed by atoms with van der Waals surface area (Å²) in [5, 5.41) is 4.03. The van der Waals surface area contributed by atoms with Crippen molar-refractivity contribution in [3.05, 3.63) is 60.7 Å². The molecule has 3 aromatic rings. The Hall–Kier alpha value is -2.69. The van der Waals surface area contributed by atoms with Gasteiger partial charge in [0.1, 0.15) is 5.65 Å². The van der Waals surface area contributed by atoms with E-state index in [4.69, 9.17) is 0 Å². The molecule has 106 valence electrons. The maximum Gasteiger partial charge on any atom is 0.252 e. The van der Waals surface area contributed by atoms with Gasteiger partial charge < -0.3 is 9.88 Å². The second-order valence-electron chi connectivity index (χ2n) is 4.78. The first-order valence-electron chi connectivity index (χ1n) is 6.93. The molecule has 3 aromatic heterocycles. The van der Waals surface area contributed by atoms with E-state index in [9.17, 15) is 4.79 Å². The SMILES string of the molecule is O=C(NCCCn1ccc2cccnc21)c1cccnc1. The van der Waals surface area contributed by atoms with Crippen molar-refractivity contribution in [2.45, 2.75) is 13.0 Å². The van der Waals surface area contributed by atoms with Gasteiger partial charge in [-0.05, 0) is 36.8 Å². The van der Waals surface area contributed by atoms with Crippen molar-refractivity contribution in [2.75, 3.05) is 6.54 Å². The van der Waals surface area contributed by atoms with Crippen LogP contribution in [0.3, 0.4) is 0 Å². The van der Waals surface area contributed by atoms with Gasteiger partial charge in [0.15, 0.2) is 0 Å². The number of nitrogens with one attached hydrogen (secondary N) is 1. The van der Waals surface area contributed by atoms with Crippen LogP contribution < -0.4 is 5.32 Å². The van der Waals surface area contributed by atoms with Gasteiger partial charge in [-0.15, -0.1) is 0 Å². The molecule has 0 spiro atoms. The molecule has 0 aliphatic carbocycles. The summed E-state index contributed by atoms with van der Waals surface area (Å²) < 4.78 is 2.10. The van der Waals surface area contributed by atoms with E-state index in [-0.39, 0.29) is 5.91 Å². The summed E-state index contributed by atoms with van der Waals surface area (Å²) in [4.78, 5) is 20.2. The summed E-state index contributed by atoms with van der Waals surface area (Å²) in [5.74, 6) is -0.0846. The number of fused-ring (bicyclic) bond motifs is 1. The van der Waals surface area contributed by atoms with Crippen LogP contribution in [0.5, 0.6) is 0 Å². The highest BCUT2D eigenvalue weighted by molar-refractivity contribution is 5.93. The molecule has 1 N–H and O–H groups in total. The highest BCUT2D eigenvalue weighted by Crippen LogP contribution is 2.12. The Labute approximate surface area is 122 Å². The van der Waals surface area contributed by atoms with E-state index in [2.05, 4.69) is 25.9 Å². The lowest BCUT2D eigenvalue weighted by Gasteiger charge is -2.06. The number of carbonyl (C=O) groups is 1. The summed E-state index contributed by atoms with van der Waals surface area (Å²) >= 11 is 0. The van der Waals surface area contributed by atoms with Crippen molar-refractivity contribution < 1.29 is 4.79 Å². The average molecular weight is 280 g/mol. The van der Waals surface area contributed by atoms with Crippen molar-refractivity contribution in [3.63, 3.8) is 0 Å². The van der Waals surface area contributed by atoms with E-state index in [0.717, 1.165) is 24.0 Å². The molecule has 0 aliphatic rings. The molecule has 0 fully saturated rings. The van der Waals surface area contributed by atoms with Crippen LogP contribution in [0.25, 0.3) is 11.0 Å². The number of hydrogen-bond donors (Lipinski definition) is 1. The number of nitrogens with zero attached hydrogens (tertiary/aromatic N) is 3. The van der Waals surface area contributed by atoms with Gasteiger partial charge in [0.05, 0.1) is 5.56 Å². The minimum Gasteiger partial charge on any atom is -0.352 e. The van der Waals surface area contributed by atoms with Crippen molar-refractivity contribution in [1.82, 2.24) is 19.9 Å². The topological polar surface area (TPSA) is 59.8 Å². The Morgan fingerprint density at radius 3 is 2.95 bits per heavy atom. The number of aryl methyl sites for hydroxylation is 1. The second-order valence-corrected chi connectivity index (χ2v) is 4.78. The molecule has 0 saturated heterocycles. The highest BCUT2D eigenvalue weighted by Gasteiger charge is 2.04. The average Bonchev–Trinajstić information content (AvgIpc) is 2.95. The third-order valence-electron chi connectivity index (χ3n) is 3.31. The third kappa shape index (κ3) is 3.08. The quantitative estimate of drug-likeness (QED) is 0.729. The van der Waals surface area contributed by atoms with Crippen LogP contribution in [0.2, 0.25) is 0 Å². The molecule has 0 atom stereocenters. The molecular formula is C16H16N4O. The van der Waals surface area contributed by atoms with Gasteiger partial charge in [-0.1, -0.05) is 0 Å². The number of rotatable bonds is 5. The summed E-state index contributed by atoms with van der Waals surface area (Å²) in [5.41, 5.74) is 1.57. The maximum absolute atomic E-state index is 11.8. The Kier molecular flexibility index (Phi) is 3.91. The molecule has 21 heavy (non-hydrogen) atoms. The first-order chi connectivity index (χ1) is 10.3. The van der Waals surface area contributed by atoms with Crippen molar-refractivity contribution >= 4 is 16.9 Å². The van der Waals surface area contributed by atoms with Gasteiger partial charge >= 0.3 is 0 Å². The lowest BCUT2D eigenvalue weighted by molar-refractivity contribution is 0.0952. The van der Waals surface area contributed by atoms with Crippen LogP contribution in [0.4, 0.5) is 0 Å². The molecule has 5 heteroatoms. The largest absolute Gasteiger partial charge is 0.352 e. The van der Waals surface area contributed by atoms with Gasteiger partial charge in [-0.25, -0.2) is 4.98 Å². The van der Waals surface area contributed by atoms with E-state index in [1.54, 1.807) is 30.7 Å². The van der Waals surface area contributed by atoms with Crippen LogP contribution in [0, 0.1) is 0 Å². The fourth-order valence-corrected chi connectivity index (χ4v) is 2.25. The van der Waals surface area contributed by atoms with Gasteiger partial charge in [-0.2, -0.15) is 0 Å². The Morgan fingerprint density at radius 2 is 2.10 bits per heavy atom.